The molecule has 2 fully saturated rings. The fraction of sp³-hybridized carbons (Fsp3) is 0.571. The maximum atomic E-state index is 6.11. The van der Waals surface area contributed by atoms with E-state index in [0.29, 0.717) is 22.0 Å². The highest BCUT2D eigenvalue weighted by atomic mass is 35.5. The van der Waals surface area contributed by atoms with Crippen LogP contribution in [0.2, 0.25) is 10.0 Å². The number of hydrogen-bond acceptors (Lipinski definition) is 1. The first-order valence-corrected chi connectivity index (χ1v) is 7.02. The molecule has 1 aromatic carbocycles. The lowest BCUT2D eigenvalue weighted by Gasteiger charge is -2.22. The van der Waals surface area contributed by atoms with Crippen LogP contribution in [-0.2, 0) is 5.54 Å². The Hall–Kier alpha value is -0.240. The van der Waals surface area contributed by atoms with Crippen LogP contribution >= 0.6 is 23.2 Å². The van der Waals surface area contributed by atoms with E-state index in [1.165, 1.54) is 18.4 Å². The molecule has 1 aliphatic heterocycles. The van der Waals surface area contributed by atoms with E-state index in [4.69, 9.17) is 23.2 Å². The van der Waals surface area contributed by atoms with Gasteiger partial charge in [0.1, 0.15) is 0 Å². The Balaban J connectivity index is 1.88. The van der Waals surface area contributed by atoms with E-state index in [1.54, 1.807) is 0 Å². The minimum absolute atomic E-state index is 0.198. The Labute approximate surface area is 112 Å². The van der Waals surface area contributed by atoms with Gasteiger partial charge in [0.15, 0.2) is 0 Å². The molecule has 3 atom stereocenters. The molecule has 0 radical (unpaired) electrons. The van der Waals surface area contributed by atoms with Crippen LogP contribution in [0.3, 0.4) is 0 Å². The minimum atomic E-state index is 0.198. The van der Waals surface area contributed by atoms with Crippen LogP contribution in [0.4, 0.5) is 0 Å². The fourth-order valence-electron chi connectivity index (χ4n) is 3.14. The lowest BCUT2D eigenvalue weighted by atomic mass is 10.0. The smallest absolute Gasteiger partial charge is 0.0595 e. The van der Waals surface area contributed by atoms with E-state index in [-0.39, 0.29) is 5.54 Å². The Morgan fingerprint density at radius 1 is 1.29 bits per heavy atom. The van der Waals surface area contributed by atoms with Gasteiger partial charge in [-0.1, -0.05) is 43.1 Å². The molecule has 0 bridgehead atoms. The first-order chi connectivity index (χ1) is 8.03. The average Bonchev–Trinajstić information content (AvgIpc) is 2.85. The van der Waals surface area contributed by atoms with Gasteiger partial charge in [-0.3, -0.25) is 0 Å². The summed E-state index contributed by atoms with van der Waals surface area (Å²) in [5.74, 6) is 1.48. The molecule has 3 rings (SSSR count). The molecular formula is C14H17Cl2N. The maximum absolute atomic E-state index is 6.11. The summed E-state index contributed by atoms with van der Waals surface area (Å²) in [5.41, 5.74) is 1.50. The summed E-state index contributed by atoms with van der Waals surface area (Å²) < 4.78 is 0. The molecule has 2 aliphatic rings. The number of halogens is 2. The van der Waals surface area contributed by atoms with Crippen LogP contribution < -0.4 is 5.32 Å². The van der Waals surface area contributed by atoms with Crippen molar-refractivity contribution < 1.29 is 0 Å². The van der Waals surface area contributed by atoms with Crippen LogP contribution in [0.25, 0.3) is 0 Å². The zero-order valence-electron chi connectivity index (χ0n) is 10.1. The van der Waals surface area contributed by atoms with Gasteiger partial charge in [0.05, 0.1) is 10.0 Å². The monoisotopic (exact) mass is 269 g/mol. The zero-order chi connectivity index (χ0) is 12.2. The predicted octanol–water partition coefficient (Wildman–Crippen LogP) is 4.23. The highest BCUT2D eigenvalue weighted by Crippen LogP contribution is 2.59. The van der Waals surface area contributed by atoms with Gasteiger partial charge in [-0.05, 0) is 42.4 Å². The van der Waals surface area contributed by atoms with Crippen LogP contribution in [0, 0.1) is 11.8 Å². The van der Waals surface area contributed by atoms with E-state index >= 15 is 0 Å². The molecule has 3 unspecified atom stereocenters. The quantitative estimate of drug-likeness (QED) is 0.848. The number of rotatable bonds is 2. The molecule has 0 amide bonds. The van der Waals surface area contributed by atoms with Crippen molar-refractivity contribution in [3.63, 3.8) is 0 Å². The molecule has 0 spiro atoms. The largest absolute Gasteiger partial charge is 0.304 e. The van der Waals surface area contributed by atoms with E-state index in [0.717, 1.165) is 5.92 Å². The molecule has 17 heavy (non-hydrogen) atoms. The van der Waals surface area contributed by atoms with Crippen molar-refractivity contribution in [2.24, 2.45) is 11.8 Å². The number of fused-ring (bicyclic) bond motifs is 1. The summed E-state index contributed by atoms with van der Waals surface area (Å²) in [6.45, 7) is 4.57. The van der Waals surface area contributed by atoms with Crippen molar-refractivity contribution in [3.05, 3.63) is 33.8 Å². The van der Waals surface area contributed by atoms with Crippen LogP contribution in [0.15, 0.2) is 18.2 Å². The summed E-state index contributed by atoms with van der Waals surface area (Å²) in [4.78, 5) is 0. The Morgan fingerprint density at radius 3 is 2.65 bits per heavy atom. The lowest BCUT2D eigenvalue weighted by molar-refractivity contribution is 0.385. The van der Waals surface area contributed by atoms with Crippen LogP contribution in [-0.4, -0.2) is 6.04 Å². The molecular weight excluding hydrogens is 253 g/mol. The second-order valence-electron chi connectivity index (χ2n) is 5.73. The highest BCUT2D eigenvalue weighted by molar-refractivity contribution is 6.42. The van der Waals surface area contributed by atoms with Gasteiger partial charge < -0.3 is 5.32 Å². The van der Waals surface area contributed by atoms with Crippen LogP contribution in [0.5, 0.6) is 0 Å². The van der Waals surface area contributed by atoms with Gasteiger partial charge in [0.2, 0.25) is 0 Å². The molecule has 1 aliphatic carbocycles. The maximum Gasteiger partial charge on any atom is 0.0595 e. The minimum Gasteiger partial charge on any atom is -0.304 e. The summed E-state index contributed by atoms with van der Waals surface area (Å²) in [7, 11) is 0. The zero-order valence-corrected chi connectivity index (χ0v) is 11.6. The first kappa shape index (κ1) is 11.8. The first-order valence-electron chi connectivity index (χ1n) is 6.26. The van der Waals surface area contributed by atoms with Crippen molar-refractivity contribution >= 4 is 23.2 Å². The van der Waals surface area contributed by atoms with Crippen molar-refractivity contribution in [3.8, 4) is 0 Å². The third-order valence-corrected chi connectivity index (χ3v) is 5.07. The van der Waals surface area contributed by atoms with Gasteiger partial charge in [-0.25, -0.2) is 0 Å². The number of benzene rings is 1. The van der Waals surface area contributed by atoms with Crippen molar-refractivity contribution in [2.45, 2.75) is 38.3 Å². The predicted molar refractivity (Wildman–Crippen MR) is 72.6 cm³/mol. The van der Waals surface area contributed by atoms with Gasteiger partial charge in [-0.2, -0.15) is 0 Å². The van der Waals surface area contributed by atoms with Crippen molar-refractivity contribution in [1.82, 2.24) is 5.32 Å². The third-order valence-electron chi connectivity index (χ3n) is 4.33. The molecule has 1 saturated heterocycles. The van der Waals surface area contributed by atoms with Gasteiger partial charge >= 0.3 is 0 Å². The third kappa shape index (κ3) is 1.80. The number of nitrogens with one attached hydrogen (secondary N) is 1. The van der Waals surface area contributed by atoms with E-state index in [1.807, 2.05) is 12.1 Å². The van der Waals surface area contributed by atoms with Gasteiger partial charge in [0, 0.05) is 11.6 Å². The molecule has 1 saturated carbocycles. The molecule has 1 N–H and O–H groups in total. The lowest BCUT2D eigenvalue weighted by Crippen LogP contribution is -2.36. The summed E-state index contributed by atoms with van der Waals surface area (Å²) in [5, 5.41) is 5.11. The van der Waals surface area contributed by atoms with Crippen molar-refractivity contribution in [2.75, 3.05) is 0 Å². The topological polar surface area (TPSA) is 12.0 Å². The van der Waals surface area contributed by atoms with Gasteiger partial charge in [-0.15, -0.1) is 0 Å². The highest BCUT2D eigenvalue weighted by Gasteiger charge is 2.61. The van der Waals surface area contributed by atoms with Gasteiger partial charge in [0.25, 0.3) is 0 Å². The SMILES string of the molecule is CC(C)C1CC2CC2(c2ccc(Cl)c(Cl)c2)N1. The second-order valence-corrected chi connectivity index (χ2v) is 6.55. The van der Waals surface area contributed by atoms with E-state index in [9.17, 15) is 0 Å². The molecule has 1 nitrogen and oxygen atoms in total. The van der Waals surface area contributed by atoms with Crippen LogP contribution in [0.1, 0.15) is 32.3 Å². The Kier molecular flexibility index (Phi) is 2.70. The summed E-state index contributed by atoms with van der Waals surface area (Å²) >= 11 is 12.1. The molecule has 92 valence electrons. The second kappa shape index (κ2) is 3.88. The molecule has 1 aromatic rings. The average molecular weight is 270 g/mol. The molecule has 3 heteroatoms. The standard InChI is InChI=1S/C14H17Cl2N/c1-8(2)13-6-10-7-14(10,17-13)9-3-4-11(15)12(16)5-9/h3-5,8,10,13,17H,6-7H2,1-2H3. The fourth-order valence-corrected chi connectivity index (χ4v) is 3.43. The van der Waals surface area contributed by atoms with Crippen molar-refractivity contribution in [1.29, 1.82) is 0 Å². The Bertz CT molecular complexity index is 458. The number of piperidine rings is 1. The summed E-state index contributed by atoms with van der Waals surface area (Å²) in [6, 6.07) is 6.69. The number of hydrogen-bond donors (Lipinski definition) is 1. The molecule has 0 aromatic heterocycles. The Morgan fingerprint density at radius 2 is 2.06 bits per heavy atom. The summed E-state index contributed by atoms with van der Waals surface area (Å²) in [6.07, 6.45) is 2.53. The van der Waals surface area contributed by atoms with E-state index < -0.39 is 0 Å². The normalized spacial score (nSPS) is 35.1. The van der Waals surface area contributed by atoms with E-state index in [2.05, 4.69) is 25.2 Å². The molecule has 1 heterocycles.